The van der Waals surface area contributed by atoms with Gasteiger partial charge in [-0.25, -0.2) is 23.7 Å². The second kappa shape index (κ2) is 9.84. The van der Waals surface area contributed by atoms with Gasteiger partial charge in [0.2, 0.25) is 0 Å². The van der Waals surface area contributed by atoms with Crippen LogP contribution >= 0.6 is 0 Å². The molecule has 3 heterocycles. The standard InChI is InChI=1S/C28H26F3N7O2/c1-18-25(24-12-14-33-37(24)22-10-8-20(32-2)9-11-22)36(26(39)34-21-13-15-38(3,4)17-21)27(40)35(18)23-7-5-6-19(16-23)28(29,30)31/h5-12,14,16,21H,13,15,17H2,1,3-4H3/p+1/t21-/m0/s1. The summed E-state index contributed by atoms with van der Waals surface area (Å²) in [5, 5.41) is 7.32. The number of hydrogen-bond donors (Lipinski definition) is 1. The Hall–Kier alpha value is -4.63. The molecule has 1 saturated heterocycles. The van der Waals surface area contributed by atoms with Crippen LogP contribution in [-0.4, -0.2) is 62.7 Å². The van der Waals surface area contributed by atoms with Gasteiger partial charge in [-0.1, -0.05) is 18.2 Å². The molecule has 0 spiro atoms. The van der Waals surface area contributed by atoms with Crippen molar-refractivity contribution in [1.82, 2.24) is 24.2 Å². The first-order valence-corrected chi connectivity index (χ1v) is 12.6. The summed E-state index contributed by atoms with van der Waals surface area (Å²) in [5.41, 5.74) is 0.120. The number of carbonyl (C=O) groups is 1. The summed E-state index contributed by atoms with van der Waals surface area (Å²) < 4.78 is 44.9. The van der Waals surface area contributed by atoms with E-state index in [1.807, 2.05) is 0 Å². The zero-order valence-corrected chi connectivity index (χ0v) is 22.1. The van der Waals surface area contributed by atoms with E-state index < -0.39 is 23.5 Å². The highest BCUT2D eigenvalue weighted by molar-refractivity contribution is 5.83. The predicted octanol–water partition coefficient (Wildman–Crippen LogP) is 4.78. The molecular weight excluding hydrogens is 523 g/mol. The number of likely N-dealkylation sites (N-methyl/N-ethyl adjacent to an activating group) is 1. The zero-order valence-electron chi connectivity index (χ0n) is 22.1. The van der Waals surface area contributed by atoms with Crippen LogP contribution in [0, 0.1) is 13.5 Å². The van der Waals surface area contributed by atoms with E-state index in [1.54, 1.807) is 37.3 Å². The lowest BCUT2D eigenvalue weighted by molar-refractivity contribution is -0.878. The number of hydrogen-bond acceptors (Lipinski definition) is 3. The maximum atomic E-state index is 13.9. The molecule has 0 unspecified atom stereocenters. The summed E-state index contributed by atoms with van der Waals surface area (Å²) in [5.74, 6) is 0. The summed E-state index contributed by atoms with van der Waals surface area (Å²) in [4.78, 5) is 30.9. The normalized spacial score (nSPS) is 16.6. The van der Waals surface area contributed by atoms with Crippen molar-refractivity contribution in [2.45, 2.75) is 25.6 Å². The monoisotopic (exact) mass is 550 g/mol. The summed E-state index contributed by atoms with van der Waals surface area (Å²) in [6.45, 7) is 10.3. The lowest BCUT2D eigenvalue weighted by atomic mass is 10.2. The second-order valence-electron chi connectivity index (χ2n) is 10.5. The number of carbonyl (C=O) groups excluding carboxylic acids is 1. The fourth-order valence-electron chi connectivity index (χ4n) is 5.22. The van der Waals surface area contributed by atoms with Gasteiger partial charge in [-0.3, -0.25) is 4.57 Å². The molecule has 1 atom stereocenters. The first-order chi connectivity index (χ1) is 18.9. The van der Waals surface area contributed by atoms with E-state index >= 15 is 0 Å². The third kappa shape index (κ3) is 4.91. The Morgan fingerprint density at radius 3 is 2.48 bits per heavy atom. The highest BCUT2D eigenvalue weighted by atomic mass is 19.4. The summed E-state index contributed by atoms with van der Waals surface area (Å²) >= 11 is 0. The predicted molar refractivity (Wildman–Crippen MR) is 143 cm³/mol. The molecule has 0 saturated carbocycles. The van der Waals surface area contributed by atoms with Crippen LogP contribution in [0.4, 0.5) is 23.7 Å². The molecule has 1 aliphatic heterocycles. The molecule has 1 fully saturated rings. The number of aromatic nitrogens is 4. The van der Waals surface area contributed by atoms with Crippen molar-refractivity contribution in [3.8, 4) is 22.8 Å². The van der Waals surface area contributed by atoms with Crippen LogP contribution in [0.1, 0.15) is 17.7 Å². The quantitative estimate of drug-likeness (QED) is 0.294. The maximum absolute atomic E-state index is 13.9. The number of halogens is 3. The SMILES string of the molecule is [C-]#[N+]c1ccc(-n2nccc2-c2c(C)n(-c3cccc(C(F)(F)F)c3)c(=O)n2C(=O)N[C@H]2CC[N+](C)(C)C2)cc1. The first kappa shape index (κ1) is 27.0. The minimum absolute atomic E-state index is 0.0173. The molecule has 1 N–H and O–H groups in total. The molecule has 2 aromatic heterocycles. The highest BCUT2D eigenvalue weighted by Gasteiger charge is 2.35. The van der Waals surface area contributed by atoms with Gasteiger partial charge in [-0.2, -0.15) is 18.3 Å². The average molecular weight is 551 g/mol. The van der Waals surface area contributed by atoms with Crippen molar-refractivity contribution in [2.75, 3.05) is 27.2 Å². The van der Waals surface area contributed by atoms with E-state index in [4.69, 9.17) is 6.57 Å². The minimum atomic E-state index is -4.61. The number of nitrogens with one attached hydrogen (secondary N) is 1. The third-order valence-corrected chi connectivity index (χ3v) is 7.15. The summed E-state index contributed by atoms with van der Waals surface area (Å²) in [6.07, 6.45) is -2.38. The van der Waals surface area contributed by atoms with E-state index in [2.05, 4.69) is 29.4 Å². The van der Waals surface area contributed by atoms with Crippen molar-refractivity contribution < 1.29 is 22.4 Å². The van der Waals surface area contributed by atoms with Crippen LogP contribution in [-0.2, 0) is 6.18 Å². The number of alkyl halides is 3. The van der Waals surface area contributed by atoms with Gasteiger partial charge in [0.1, 0.15) is 5.69 Å². The van der Waals surface area contributed by atoms with Gasteiger partial charge in [0.05, 0.1) is 74.3 Å². The van der Waals surface area contributed by atoms with Gasteiger partial charge in [0.25, 0.3) is 0 Å². The van der Waals surface area contributed by atoms with Gasteiger partial charge in [-0.15, -0.1) is 0 Å². The minimum Gasteiger partial charge on any atom is -0.329 e. The van der Waals surface area contributed by atoms with Crippen molar-refractivity contribution in [3.63, 3.8) is 0 Å². The van der Waals surface area contributed by atoms with Crippen LogP contribution in [0.2, 0.25) is 0 Å². The Labute approximate surface area is 228 Å². The van der Waals surface area contributed by atoms with Gasteiger partial charge >= 0.3 is 17.9 Å². The Kier molecular flexibility index (Phi) is 6.63. The Morgan fingerprint density at radius 1 is 1.12 bits per heavy atom. The second-order valence-corrected chi connectivity index (χ2v) is 10.5. The van der Waals surface area contributed by atoms with Crippen molar-refractivity contribution in [2.24, 2.45) is 0 Å². The zero-order chi connectivity index (χ0) is 28.8. The summed E-state index contributed by atoms with van der Waals surface area (Å²) in [6, 6.07) is 11.8. The molecule has 40 heavy (non-hydrogen) atoms. The van der Waals surface area contributed by atoms with Gasteiger partial charge in [0, 0.05) is 6.42 Å². The van der Waals surface area contributed by atoms with Gasteiger partial charge in [0.15, 0.2) is 5.69 Å². The van der Waals surface area contributed by atoms with Crippen LogP contribution < -0.4 is 11.0 Å². The lowest BCUT2D eigenvalue weighted by Gasteiger charge is -2.23. The first-order valence-electron chi connectivity index (χ1n) is 12.6. The number of likely N-dealkylation sites (tertiary alicyclic amines) is 1. The molecule has 0 aliphatic carbocycles. The molecule has 9 nitrogen and oxygen atoms in total. The van der Waals surface area contributed by atoms with E-state index in [1.165, 1.54) is 23.0 Å². The van der Waals surface area contributed by atoms with Crippen LogP contribution in [0.3, 0.4) is 0 Å². The van der Waals surface area contributed by atoms with Crippen molar-refractivity contribution >= 4 is 11.7 Å². The molecule has 0 radical (unpaired) electrons. The topological polar surface area (TPSA) is 78.2 Å². The van der Waals surface area contributed by atoms with Crippen molar-refractivity contribution in [3.05, 3.63) is 94.0 Å². The molecule has 4 aromatic rings. The number of quaternary nitrogens is 1. The largest absolute Gasteiger partial charge is 0.416 e. The number of amides is 1. The fraction of sp³-hybridized carbons (Fsp3) is 0.286. The van der Waals surface area contributed by atoms with Crippen LogP contribution in [0.25, 0.3) is 27.6 Å². The molecule has 1 amide bonds. The van der Waals surface area contributed by atoms with Gasteiger partial charge < -0.3 is 9.80 Å². The number of rotatable bonds is 4. The van der Waals surface area contributed by atoms with E-state index in [-0.39, 0.29) is 23.1 Å². The lowest BCUT2D eigenvalue weighted by Crippen LogP contribution is -2.46. The Morgan fingerprint density at radius 2 is 1.85 bits per heavy atom. The Balaban J connectivity index is 1.69. The maximum Gasteiger partial charge on any atom is 0.416 e. The van der Waals surface area contributed by atoms with Crippen LogP contribution in [0.5, 0.6) is 0 Å². The molecule has 0 bridgehead atoms. The van der Waals surface area contributed by atoms with E-state index in [0.29, 0.717) is 28.1 Å². The molecule has 5 rings (SSSR count). The number of benzene rings is 2. The average Bonchev–Trinajstić information content (AvgIpc) is 3.58. The van der Waals surface area contributed by atoms with E-state index in [0.717, 1.165) is 34.2 Å². The molecular formula is C28H27F3N7O2+. The molecule has 1 aliphatic rings. The van der Waals surface area contributed by atoms with Gasteiger partial charge in [-0.05, 0) is 43.3 Å². The smallest absolute Gasteiger partial charge is 0.329 e. The number of nitrogens with zero attached hydrogens (tertiary/aromatic N) is 6. The van der Waals surface area contributed by atoms with Crippen LogP contribution in [0.15, 0.2) is 65.6 Å². The fourth-order valence-corrected chi connectivity index (χ4v) is 5.22. The molecule has 2 aromatic carbocycles. The number of imidazole rings is 1. The van der Waals surface area contributed by atoms with E-state index in [9.17, 15) is 22.8 Å². The Bertz CT molecular complexity index is 1690. The highest BCUT2D eigenvalue weighted by Crippen LogP contribution is 2.32. The molecule has 12 heteroatoms. The van der Waals surface area contributed by atoms with Crippen molar-refractivity contribution in [1.29, 1.82) is 0 Å². The molecule has 206 valence electrons. The summed E-state index contributed by atoms with van der Waals surface area (Å²) in [7, 11) is 4.10. The third-order valence-electron chi connectivity index (χ3n) is 7.15.